The van der Waals surface area contributed by atoms with Crippen LogP contribution in [0.4, 0.5) is 0 Å². The van der Waals surface area contributed by atoms with Gasteiger partial charge in [0.2, 0.25) is 9.84 Å². The van der Waals surface area contributed by atoms with Crippen LogP contribution in [0.1, 0.15) is 26.7 Å². The van der Waals surface area contributed by atoms with Crippen molar-refractivity contribution in [2.75, 3.05) is 13.2 Å². The van der Waals surface area contributed by atoms with Gasteiger partial charge in [0.25, 0.3) is 0 Å². The van der Waals surface area contributed by atoms with Crippen LogP contribution in [0, 0.1) is 0 Å². The minimum Gasteiger partial charge on any atom is -0.494 e. The van der Waals surface area contributed by atoms with Gasteiger partial charge in [0.05, 0.1) is 18.1 Å². The van der Waals surface area contributed by atoms with Crippen LogP contribution in [0.25, 0.3) is 0 Å². The molecule has 0 aliphatic rings. The molecular weight excluding hydrogens is 312 g/mol. The van der Waals surface area contributed by atoms with Crippen molar-refractivity contribution >= 4 is 9.84 Å². The zero-order chi connectivity index (χ0) is 16.7. The van der Waals surface area contributed by atoms with E-state index in [2.05, 4.69) is 0 Å². The summed E-state index contributed by atoms with van der Waals surface area (Å²) in [4.78, 5) is 0.421. The van der Waals surface area contributed by atoms with E-state index in [-0.39, 0.29) is 9.79 Å². The summed E-state index contributed by atoms with van der Waals surface area (Å²) in [5, 5.41) is 0. The monoisotopic (exact) mass is 334 g/mol. The Kier molecular flexibility index (Phi) is 6.04. The molecule has 5 heteroatoms. The van der Waals surface area contributed by atoms with Gasteiger partial charge in [-0.15, -0.1) is 0 Å². The normalized spacial score (nSPS) is 11.2. The molecule has 0 N–H and O–H groups in total. The molecule has 0 saturated heterocycles. The van der Waals surface area contributed by atoms with Crippen molar-refractivity contribution in [3.8, 4) is 11.5 Å². The third-order valence-electron chi connectivity index (χ3n) is 3.21. The van der Waals surface area contributed by atoms with Gasteiger partial charge in [-0.2, -0.15) is 0 Å². The number of sulfone groups is 1. The number of hydrogen-bond donors (Lipinski definition) is 0. The van der Waals surface area contributed by atoms with Crippen LogP contribution in [0.3, 0.4) is 0 Å². The molecule has 0 amide bonds. The van der Waals surface area contributed by atoms with Gasteiger partial charge in [-0.25, -0.2) is 8.42 Å². The van der Waals surface area contributed by atoms with E-state index in [1.807, 2.05) is 13.8 Å². The first-order chi connectivity index (χ1) is 11.1. The molecule has 0 fully saturated rings. The highest BCUT2D eigenvalue weighted by Crippen LogP contribution is 2.30. The fourth-order valence-corrected chi connectivity index (χ4v) is 3.46. The Morgan fingerprint density at radius 2 is 1.43 bits per heavy atom. The molecule has 0 spiro atoms. The lowest BCUT2D eigenvalue weighted by Crippen LogP contribution is -2.06. The van der Waals surface area contributed by atoms with Gasteiger partial charge in [-0.3, -0.25) is 0 Å². The summed E-state index contributed by atoms with van der Waals surface area (Å²) < 4.78 is 36.7. The van der Waals surface area contributed by atoms with Crippen molar-refractivity contribution < 1.29 is 17.9 Å². The van der Waals surface area contributed by atoms with Crippen molar-refractivity contribution in [3.05, 3.63) is 48.5 Å². The molecule has 0 aliphatic carbocycles. The second kappa shape index (κ2) is 8.02. The second-order valence-corrected chi connectivity index (χ2v) is 7.04. The number of hydrogen-bond acceptors (Lipinski definition) is 4. The van der Waals surface area contributed by atoms with Gasteiger partial charge in [0.1, 0.15) is 16.4 Å². The lowest BCUT2D eigenvalue weighted by atomic mass is 10.3. The van der Waals surface area contributed by atoms with Crippen LogP contribution < -0.4 is 9.47 Å². The highest BCUT2D eigenvalue weighted by molar-refractivity contribution is 7.91. The van der Waals surface area contributed by atoms with Crippen molar-refractivity contribution in [2.24, 2.45) is 0 Å². The Morgan fingerprint density at radius 1 is 0.826 bits per heavy atom. The molecule has 0 aromatic heterocycles. The third-order valence-corrected chi connectivity index (χ3v) is 5.02. The predicted octanol–water partition coefficient (Wildman–Crippen LogP) is 4.10. The quantitative estimate of drug-likeness (QED) is 0.729. The molecule has 2 aromatic rings. The number of rotatable bonds is 8. The Morgan fingerprint density at radius 3 is 2.09 bits per heavy atom. The van der Waals surface area contributed by atoms with Crippen LogP contribution in [-0.4, -0.2) is 21.6 Å². The van der Waals surface area contributed by atoms with E-state index in [0.29, 0.717) is 24.7 Å². The minimum absolute atomic E-state index is 0.190. The third kappa shape index (κ3) is 4.26. The molecule has 0 aliphatic heterocycles. The smallest absolute Gasteiger partial charge is 0.210 e. The van der Waals surface area contributed by atoms with Crippen LogP contribution in [0.2, 0.25) is 0 Å². The van der Waals surface area contributed by atoms with E-state index in [0.717, 1.165) is 12.8 Å². The molecule has 0 saturated carbocycles. The first kappa shape index (κ1) is 17.3. The summed E-state index contributed by atoms with van der Waals surface area (Å²) in [6.07, 6.45) is 1.72. The van der Waals surface area contributed by atoms with Gasteiger partial charge in [0.15, 0.2) is 0 Å². The molecule has 0 atom stereocenters. The molecule has 0 radical (unpaired) electrons. The van der Waals surface area contributed by atoms with Gasteiger partial charge in [0, 0.05) is 0 Å². The summed E-state index contributed by atoms with van der Waals surface area (Å²) in [5.41, 5.74) is 0. The summed E-state index contributed by atoms with van der Waals surface area (Å²) >= 11 is 0. The molecular formula is C18H22O4S. The summed E-state index contributed by atoms with van der Waals surface area (Å²) in [5.74, 6) is 1.06. The van der Waals surface area contributed by atoms with Crippen LogP contribution in [0.15, 0.2) is 58.3 Å². The van der Waals surface area contributed by atoms with E-state index in [1.54, 1.807) is 48.5 Å². The van der Waals surface area contributed by atoms with Crippen molar-refractivity contribution in [2.45, 2.75) is 36.5 Å². The van der Waals surface area contributed by atoms with Gasteiger partial charge in [-0.1, -0.05) is 26.0 Å². The molecule has 2 rings (SSSR count). The molecule has 23 heavy (non-hydrogen) atoms. The maximum absolute atomic E-state index is 12.8. The maximum atomic E-state index is 12.8. The highest BCUT2D eigenvalue weighted by atomic mass is 32.2. The fraction of sp³-hybridized carbons (Fsp3) is 0.333. The first-order valence-electron chi connectivity index (χ1n) is 7.79. The van der Waals surface area contributed by atoms with Crippen LogP contribution in [0.5, 0.6) is 11.5 Å². The number of ether oxygens (including phenoxy) is 2. The van der Waals surface area contributed by atoms with E-state index in [1.165, 1.54) is 0 Å². The van der Waals surface area contributed by atoms with Crippen LogP contribution in [-0.2, 0) is 9.84 Å². The van der Waals surface area contributed by atoms with Gasteiger partial charge in [-0.05, 0) is 49.2 Å². The molecule has 2 aromatic carbocycles. The summed E-state index contributed by atoms with van der Waals surface area (Å²) in [6, 6.07) is 13.2. The van der Waals surface area contributed by atoms with Crippen LogP contribution >= 0.6 is 0 Å². The first-order valence-corrected chi connectivity index (χ1v) is 9.27. The van der Waals surface area contributed by atoms with Crippen molar-refractivity contribution in [1.82, 2.24) is 0 Å². The van der Waals surface area contributed by atoms with Crippen molar-refractivity contribution in [3.63, 3.8) is 0 Å². The Balaban J connectivity index is 2.31. The van der Waals surface area contributed by atoms with Crippen molar-refractivity contribution in [1.29, 1.82) is 0 Å². The molecule has 0 bridgehead atoms. The van der Waals surface area contributed by atoms with E-state index in [4.69, 9.17) is 9.47 Å². The number of benzene rings is 2. The zero-order valence-corrected chi connectivity index (χ0v) is 14.3. The van der Waals surface area contributed by atoms with E-state index >= 15 is 0 Å². The van der Waals surface area contributed by atoms with E-state index in [9.17, 15) is 8.42 Å². The molecule has 4 nitrogen and oxygen atoms in total. The Labute approximate surface area is 138 Å². The molecule has 124 valence electrons. The zero-order valence-electron chi connectivity index (χ0n) is 13.5. The summed E-state index contributed by atoms with van der Waals surface area (Å²) in [7, 11) is -3.62. The second-order valence-electron chi connectivity index (χ2n) is 5.12. The lowest BCUT2D eigenvalue weighted by Gasteiger charge is -2.12. The maximum Gasteiger partial charge on any atom is 0.210 e. The molecule has 0 heterocycles. The Bertz CT molecular complexity index is 721. The minimum atomic E-state index is -3.62. The average Bonchev–Trinajstić information content (AvgIpc) is 2.58. The molecule has 0 unspecified atom stereocenters. The SMILES string of the molecule is CCCOc1ccc(S(=O)(=O)c2ccccc2OCCC)cc1. The predicted molar refractivity (Wildman–Crippen MR) is 89.9 cm³/mol. The highest BCUT2D eigenvalue weighted by Gasteiger charge is 2.22. The fourth-order valence-electron chi connectivity index (χ4n) is 2.07. The standard InChI is InChI=1S/C18H22O4S/c1-3-13-21-15-9-11-16(12-10-15)23(19,20)18-8-6-5-7-17(18)22-14-4-2/h5-12H,3-4,13-14H2,1-2H3. The topological polar surface area (TPSA) is 52.6 Å². The lowest BCUT2D eigenvalue weighted by molar-refractivity contribution is 0.309. The largest absolute Gasteiger partial charge is 0.494 e. The summed E-state index contributed by atoms with van der Waals surface area (Å²) in [6.45, 7) is 5.09. The van der Waals surface area contributed by atoms with E-state index < -0.39 is 9.84 Å². The Hall–Kier alpha value is -2.01. The van der Waals surface area contributed by atoms with Gasteiger partial charge >= 0.3 is 0 Å². The average molecular weight is 334 g/mol. The van der Waals surface area contributed by atoms with Gasteiger partial charge < -0.3 is 9.47 Å². The number of para-hydroxylation sites is 1.